The number of benzene rings is 1. The molecule has 6 nitrogen and oxygen atoms in total. The second-order valence-electron chi connectivity index (χ2n) is 7.94. The number of aryl methyl sites for hydroxylation is 4. The van der Waals surface area contributed by atoms with Crippen molar-refractivity contribution in [2.45, 2.75) is 46.7 Å². The number of hydrogen-bond donors (Lipinski definition) is 0. The first-order chi connectivity index (χ1) is 13.7. The van der Waals surface area contributed by atoms with Crippen LogP contribution in [0, 0.1) is 27.7 Å². The van der Waals surface area contributed by atoms with Gasteiger partial charge in [-0.05, 0) is 57.4 Å². The van der Waals surface area contributed by atoms with Gasteiger partial charge in [-0.25, -0.2) is 8.42 Å². The van der Waals surface area contributed by atoms with Crippen LogP contribution in [-0.2, 0) is 16.4 Å². The molecular weight excluding hydrogens is 390 g/mol. The van der Waals surface area contributed by atoms with Gasteiger partial charge >= 0.3 is 0 Å². The molecule has 0 aliphatic carbocycles. The van der Waals surface area contributed by atoms with E-state index in [0.717, 1.165) is 27.8 Å². The highest BCUT2D eigenvalue weighted by Crippen LogP contribution is 2.32. The first-order valence-corrected chi connectivity index (χ1v) is 11.5. The van der Waals surface area contributed by atoms with Crippen LogP contribution < -0.4 is 0 Å². The number of amides is 1. The monoisotopic (exact) mass is 415 g/mol. The second kappa shape index (κ2) is 7.06. The summed E-state index contributed by atoms with van der Waals surface area (Å²) >= 11 is 0. The minimum atomic E-state index is -3.15. The average Bonchev–Trinajstić information content (AvgIpc) is 3.33. The SMILES string of the molecule is Cc1ccc(CN(C(=O)c2oc3c(C)c(C)ccc3c2C)C2CCS(=O)(=O)C2)o1. The van der Waals surface area contributed by atoms with Gasteiger partial charge in [0.1, 0.15) is 17.1 Å². The molecule has 0 bridgehead atoms. The van der Waals surface area contributed by atoms with E-state index in [-0.39, 0.29) is 29.7 Å². The minimum Gasteiger partial charge on any atom is -0.464 e. The van der Waals surface area contributed by atoms with Crippen LogP contribution in [0.2, 0.25) is 0 Å². The van der Waals surface area contributed by atoms with Crippen molar-refractivity contribution in [3.63, 3.8) is 0 Å². The van der Waals surface area contributed by atoms with Gasteiger partial charge in [0.25, 0.3) is 5.91 Å². The Balaban J connectivity index is 1.76. The second-order valence-corrected chi connectivity index (χ2v) is 10.2. The van der Waals surface area contributed by atoms with Crippen molar-refractivity contribution in [2.24, 2.45) is 0 Å². The van der Waals surface area contributed by atoms with Crippen molar-refractivity contribution < 1.29 is 22.0 Å². The Kier molecular flexibility index (Phi) is 4.81. The van der Waals surface area contributed by atoms with Gasteiger partial charge < -0.3 is 13.7 Å². The zero-order chi connectivity index (χ0) is 20.9. The fourth-order valence-electron chi connectivity index (χ4n) is 3.98. The van der Waals surface area contributed by atoms with Crippen molar-refractivity contribution in [1.82, 2.24) is 4.90 Å². The molecule has 1 saturated heterocycles. The molecule has 0 radical (unpaired) electrons. The third kappa shape index (κ3) is 3.59. The molecule has 1 unspecified atom stereocenters. The highest BCUT2D eigenvalue weighted by molar-refractivity contribution is 7.91. The van der Waals surface area contributed by atoms with Crippen LogP contribution in [0.3, 0.4) is 0 Å². The molecule has 3 heterocycles. The highest BCUT2D eigenvalue weighted by Gasteiger charge is 2.37. The highest BCUT2D eigenvalue weighted by atomic mass is 32.2. The quantitative estimate of drug-likeness (QED) is 0.641. The van der Waals surface area contributed by atoms with E-state index in [0.29, 0.717) is 17.8 Å². The molecule has 0 spiro atoms. The summed E-state index contributed by atoms with van der Waals surface area (Å²) in [4.78, 5) is 15.1. The molecule has 0 N–H and O–H groups in total. The fourth-order valence-corrected chi connectivity index (χ4v) is 5.71. The molecule has 3 aromatic rings. The van der Waals surface area contributed by atoms with E-state index in [1.807, 2.05) is 52.0 Å². The normalized spacial score (nSPS) is 18.4. The molecule has 29 heavy (non-hydrogen) atoms. The van der Waals surface area contributed by atoms with Crippen molar-refractivity contribution >= 4 is 26.7 Å². The Labute approximate surface area is 170 Å². The Morgan fingerprint density at radius 2 is 1.83 bits per heavy atom. The number of hydrogen-bond acceptors (Lipinski definition) is 5. The van der Waals surface area contributed by atoms with Crippen molar-refractivity contribution in [1.29, 1.82) is 0 Å². The largest absolute Gasteiger partial charge is 0.464 e. The lowest BCUT2D eigenvalue weighted by atomic mass is 10.0. The average molecular weight is 416 g/mol. The molecule has 1 aliphatic rings. The van der Waals surface area contributed by atoms with Gasteiger partial charge in [-0.2, -0.15) is 0 Å². The summed E-state index contributed by atoms with van der Waals surface area (Å²) in [5.41, 5.74) is 3.57. The van der Waals surface area contributed by atoms with Gasteiger partial charge in [0.15, 0.2) is 15.6 Å². The summed E-state index contributed by atoms with van der Waals surface area (Å²) in [6.07, 6.45) is 0.422. The van der Waals surface area contributed by atoms with E-state index in [4.69, 9.17) is 8.83 Å². The lowest BCUT2D eigenvalue weighted by molar-refractivity contribution is 0.0634. The molecule has 1 fully saturated rings. The molecule has 1 aliphatic heterocycles. The van der Waals surface area contributed by atoms with E-state index in [1.165, 1.54) is 0 Å². The molecule has 0 saturated carbocycles. The minimum absolute atomic E-state index is 0.0319. The summed E-state index contributed by atoms with van der Waals surface area (Å²) in [5.74, 6) is 1.40. The first-order valence-electron chi connectivity index (χ1n) is 9.72. The zero-order valence-corrected chi connectivity index (χ0v) is 17.9. The first kappa shape index (κ1) is 19.8. The van der Waals surface area contributed by atoms with Crippen LogP contribution in [0.5, 0.6) is 0 Å². The number of sulfone groups is 1. The van der Waals surface area contributed by atoms with Crippen LogP contribution in [0.15, 0.2) is 33.1 Å². The van der Waals surface area contributed by atoms with Crippen LogP contribution in [0.25, 0.3) is 11.0 Å². The third-order valence-corrected chi connectivity index (χ3v) is 7.60. The van der Waals surface area contributed by atoms with Crippen LogP contribution >= 0.6 is 0 Å². The zero-order valence-electron chi connectivity index (χ0n) is 17.1. The number of carbonyl (C=O) groups is 1. The van der Waals surface area contributed by atoms with Crippen LogP contribution in [-0.4, -0.2) is 36.8 Å². The van der Waals surface area contributed by atoms with Gasteiger partial charge in [-0.15, -0.1) is 0 Å². The molecule has 4 rings (SSSR count). The van der Waals surface area contributed by atoms with Gasteiger partial charge in [0.2, 0.25) is 0 Å². The molecule has 1 aromatic carbocycles. The Hall–Kier alpha value is -2.54. The molecule has 7 heteroatoms. The van der Waals surface area contributed by atoms with E-state index < -0.39 is 15.9 Å². The Morgan fingerprint density at radius 1 is 1.07 bits per heavy atom. The summed E-state index contributed by atoms with van der Waals surface area (Å²) in [6, 6.07) is 7.24. The van der Waals surface area contributed by atoms with E-state index in [9.17, 15) is 13.2 Å². The maximum atomic E-state index is 13.5. The van der Waals surface area contributed by atoms with Gasteiger partial charge in [0, 0.05) is 17.0 Å². The lowest BCUT2D eigenvalue weighted by Gasteiger charge is -2.26. The number of carbonyl (C=O) groups excluding carboxylic acids is 1. The van der Waals surface area contributed by atoms with Crippen LogP contribution in [0.4, 0.5) is 0 Å². The summed E-state index contributed by atoms with van der Waals surface area (Å²) in [7, 11) is -3.15. The van der Waals surface area contributed by atoms with Crippen molar-refractivity contribution in [2.75, 3.05) is 11.5 Å². The topological polar surface area (TPSA) is 80.7 Å². The van der Waals surface area contributed by atoms with Gasteiger partial charge in [-0.3, -0.25) is 4.79 Å². The smallest absolute Gasteiger partial charge is 0.290 e. The molecule has 154 valence electrons. The molecular formula is C22H25NO5S. The van der Waals surface area contributed by atoms with E-state index in [1.54, 1.807) is 4.90 Å². The predicted octanol–water partition coefficient (Wildman–Crippen LogP) is 4.09. The maximum Gasteiger partial charge on any atom is 0.290 e. The number of fused-ring (bicyclic) bond motifs is 1. The van der Waals surface area contributed by atoms with E-state index >= 15 is 0 Å². The molecule has 1 amide bonds. The standard InChI is InChI=1S/C22H25NO5S/c1-13-5-8-19-16(4)21(28-20(19)15(13)3)22(24)23(11-18-7-6-14(2)27-18)17-9-10-29(25,26)12-17/h5-8,17H,9-12H2,1-4H3. The Morgan fingerprint density at radius 3 is 2.45 bits per heavy atom. The lowest BCUT2D eigenvalue weighted by Crippen LogP contribution is -2.40. The predicted molar refractivity (Wildman–Crippen MR) is 111 cm³/mol. The number of nitrogens with zero attached hydrogens (tertiary/aromatic N) is 1. The Bertz CT molecular complexity index is 1200. The summed E-state index contributed by atoms with van der Waals surface area (Å²) < 4.78 is 35.8. The number of furan rings is 2. The fraction of sp³-hybridized carbons (Fsp3) is 0.409. The molecule has 2 aromatic heterocycles. The summed E-state index contributed by atoms with van der Waals surface area (Å²) in [6.45, 7) is 7.89. The maximum absolute atomic E-state index is 13.5. The third-order valence-electron chi connectivity index (χ3n) is 5.85. The molecule has 1 atom stereocenters. The van der Waals surface area contributed by atoms with Crippen molar-refractivity contribution in [3.8, 4) is 0 Å². The van der Waals surface area contributed by atoms with E-state index in [2.05, 4.69) is 0 Å². The van der Waals surface area contributed by atoms with Crippen LogP contribution in [0.1, 0.15) is 45.2 Å². The van der Waals surface area contributed by atoms with Crippen molar-refractivity contribution in [3.05, 3.63) is 58.2 Å². The van der Waals surface area contributed by atoms with Gasteiger partial charge in [0.05, 0.1) is 18.1 Å². The number of rotatable bonds is 4. The van der Waals surface area contributed by atoms with Gasteiger partial charge in [-0.1, -0.05) is 12.1 Å². The summed E-state index contributed by atoms with van der Waals surface area (Å²) in [5, 5.41) is 0.907.